The number of nitrogens with zero attached hydrogens (tertiary/aromatic N) is 5. The third kappa shape index (κ3) is 5.31. The van der Waals surface area contributed by atoms with E-state index in [2.05, 4.69) is 15.0 Å². The Bertz CT molecular complexity index is 1780. The van der Waals surface area contributed by atoms with E-state index in [1.165, 1.54) is 20.1 Å². The normalized spacial score (nSPS) is 15.4. The average Bonchev–Trinajstić information content (AvgIpc) is 3.51. The van der Waals surface area contributed by atoms with E-state index in [9.17, 15) is 14.0 Å². The highest BCUT2D eigenvalue weighted by Gasteiger charge is 2.28. The van der Waals surface area contributed by atoms with Gasteiger partial charge in [0, 0.05) is 81.2 Å². The number of fused-ring (bicyclic) bond motifs is 1. The van der Waals surface area contributed by atoms with Crippen LogP contribution in [0.1, 0.15) is 29.4 Å². The average molecular weight is 603 g/mol. The molecule has 2 aliphatic rings. The molecule has 0 unspecified atom stereocenters. The summed E-state index contributed by atoms with van der Waals surface area (Å²) in [4.78, 5) is 42.7. The summed E-state index contributed by atoms with van der Waals surface area (Å²) in [6.45, 7) is 4.03. The molecule has 6 rings (SSSR count). The number of hydrogen-bond donors (Lipinski definition) is 1. The van der Waals surface area contributed by atoms with Gasteiger partial charge in [0.2, 0.25) is 5.91 Å². The van der Waals surface area contributed by atoms with Gasteiger partial charge < -0.3 is 29.2 Å². The Morgan fingerprint density at radius 1 is 0.909 bits per heavy atom. The summed E-state index contributed by atoms with van der Waals surface area (Å²) < 4.78 is 40.9. The summed E-state index contributed by atoms with van der Waals surface area (Å²) in [5.74, 6) is 0.0461. The van der Waals surface area contributed by atoms with Gasteiger partial charge in [-0.05, 0) is 35.8 Å². The number of methoxy groups -OCH3 is 2. The lowest BCUT2D eigenvalue weighted by atomic mass is 9.93. The molecule has 228 valence electrons. The molecule has 4 aromatic rings. The van der Waals surface area contributed by atoms with Crippen molar-refractivity contribution in [1.29, 1.82) is 0 Å². The van der Waals surface area contributed by atoms with Crippen LogP contribution >= 0.6 is 0 Å². The lowest BCUT2D eigenvalue weighted by Gasteiger charge is -2.35. The quantitative estimate of drug-likeness (QED) is 0.346. The van der Waals surface area contributed by atoms with Crippen molar-refractivity contribution in [3.05, 3.63) is 71.8 Å². The molecule has 0 saturated carbocycles. The molecule has 1 fully saturated rings. The van der Waals surface area contributed by atoms with Crippen molar-refractivity contribution < 1.29 is 27.8 Å². The highest BCUT2D eigenvalue weighted by Crippen LogP contribution is 2.40. The van der Waals surface area contributed by atoms with Gasteiger partial charge in [-0.25, -0.2) is 13.8 Å². The van der Waals surface area contributed by atoms with Crippen molar-refractivity contribution in [2.75, 3.05) is 58.4 Å². The molecule has 0 radical (unpaired) electrons. The van der Waals surface area contributed by atoms with Gasteiger partial charge in [-0.2, -0.15) is 0 Å². The van der Waals surface area contributed by atoms with Gasteiger partial charge in [-0.15, -0.1) is 0 Å². The number of pyridine rings is 2. The number of anilines is 1. The van der Waals surface area contributed by atoms with Crippen LogP contribution in [0.25, 0.3) is 27.6 Å². The van der Waals surface area contributed by atoms with Crippen molar-refractivity contribution >= 4 is 34.1 Å². The first-order chi connectivity index (χ1) is 21.3. The molecule has 12 heteroatoms. The van der Waals surface area contributed by atoms with Crippen LogP contribution in [0.2, 0.25) is 0 Å². The maximum Gasteiger partial charge on any atom is 0.270 e. The first-order valence-electron chi connectivity index (χ1n) is 14.3. The standard InChI is InChI=1S/C32H32F2N6O4/c1-19(41)40-8-4-5-20(18-40)22-14-23(25-17-35-7-6-27(25)43-2)24-15-26(37-30(24)29(22)34)32(42)39-11-9-38(10-12-39)31-28(44-3)13-21(33)16-36-31/h5-7,13-17,37H,4,8-12,18H2,1-3H3. The predicted molar refractivity (Wildman–Crippen MR) is 162 cm³/mol. The number of carbonyl (C=O) groups excluding carboxylic acids is 2. The Morgan fingerprint density at radius 3 is 2.41 bits per heavy atom. The number of benzene rings is 1. The minimum Gasteiger partial charge on any atom is -0.496 e. The van der Waals surface area contributed by atoms with Gasteiger partial charge in [-0.1, -0.05) is 6.08 Å². The summed E-state index contributed by atoms with van der Waals surface area (Å²) in [7, 11) is 3.01. The van der Waals surface area contributed by atoms with E-state index >= 15 is 4.39 Å². The molecule has 1 N–H and O–H groups in total. The van der Waals surface area contributed by atoms with Gasteiger partial charge in [0.1, 0.15) is 17.3 Å². The number of halogens is 2. The lowest BCUT2D eigenvalue weighted by Crippen LogP contribution is -2.49. The molecule has 0 atom stereocenters. The maximum absolute atomic E-state index is 16.3. The molecule has 44 heavy (non-hydrogen) atoms. The predicted octanol–water partition coefficient (Wildman–Crippen LogP) is 4.52. The summed E-state index contributed by atoms with van der Waals surface area (Å²) in [6, 6.07) is 6.42. The maximum atomic E-state index is 16.3. The van der Waals surface area contributed by atoms with Crippen LogP contribution < -0.4 is 14.4 Å². The number of aromatic nitrogens is 3. The number of hydrogen-bond acceptors (Lipinski definition) is 7. The summed E-state index contributed by atoms with van der Waals surface area (Å²) in [5, 5.41) is 0.514. The van der Waals surface area contributed by atoms with E-state index in [0.29, 0.717) is 84.1 Å². The van der Waals surface area contributed by atoms with Crippen LogP contribution in [0, 0.1) is 11.6 Å². The fourth-order valence-electron chi connectivity index (χ4n) is 5.89. The minimum atomic E-state index is -0.499. The molecule has 1 saturated heterocycles. The molecular weight excluding hydrogens is 570 g/mol. The molecule has 0 aliphatic carbocycles. The largest absolute Gasteiger partial charge is 0.496 e. The summed E-state index contributed by atoms with van der Waals surface area (Å²) >= 11 is 0. The van der Waals surface area contributed by atoms with E-state index < -0.39 is 11.6 Å². The van der Waals surface area contributed by atoms with Gasteiger partial charge >= 0.3 is 0 Å². The number of carbonyl (C=O) groups is 2. The zero-order valence-corrected chi connectivity index (χ0v) is 24.7. The van der Waals surface area contributed by atoms with Crippen LogP contribution in [0.5, 0.6) is 11.5 Å². The molecule has 2 aliphatic heterocycles. The Labute approximate surface area is 252 Å². The number of ether oxygens (including phenoxy) is 2. The number of piperazine rings is 1. The van der Waals surface area contributed by atoms with E-state index in [-0.39, 0.29) is 29.6 Å². The first-order valence-corrected chi connectivity index (χ1v) is 14.3. The number of aromatic amines is 1. The Balaban J connectivity index is 1.36. The third-order valence-electron chi connectivity index (χ3n) is 8.20. The molecule has 0 spiro atoms. The zero-order valence-electron chi connectivity index (χ0n) is 24.7. The lowest BCUT2D eigenvalue weighted by molar-refractivity contribution is -0.128. The van der Waals surface area contributed by atoms with Crippen molar-refractivity contribution in [2.45, 2.75) is 13.3 Å². The summed E-state index contributed by atoms with van der Waals surface area (Å²) in [6.07, 6.45) is 6.96. The van der Waals surface area contributed by atoms with Gasteiger partial charge in [0.05, 0.1) is 25.9 Å². The van der Waals surface area contributed by atoms with Crippen LogP contribution in [-0.4, -0.2) is 90.1 Å². The van der Waals surface area contributed by atoms with Crippen LogP contribution in [-0.2, 0) is 4.79 Å². The highest BCUT2D eigenvalue weighted by atomic mass is 19.1. The SMILES string of the molecule is COc1ccncc1-c1cc(C2=CCCN(C(C)=O)C2)c(F)c2[nH]c(C(=O)N3CCN(c4ncc(F)cc4OC)CC3)cc12. The summed E-state index contributed by atoms with van der Waals surface area (Å²) in [5.41, 5.74) is 2.77. The second kappa shape index (κ2) is 11.9. The Kier molecular flexibility index (Phi) is 7.90. The highest BCUT2D eigenvalue weighted by molar-refractivity contribution is 6.05. The van der Waals surface area contributed by atoms with Crippen molar-refractivity contribution in [1.82, 2.24) is 24.8 Å². The van der Waals surface area contributed by atoms with Crippen molar-refractivity contribution in [3.8, 4) is 22.6 Å². The molecular formula is C32H32F2N6O4. The molecule has 0 bridgehead atoms. The van der Waals surface area contributed by atoms with Crippen LogP contribution in [0.4, 0.5) is 14.6 Å². The molecule has 2 amide bonds. The fraction of sp³-hybridized carbons (Fsp3) is 0.312. The third-order valence-corrected chi connectivity index (χ3v) is 8.20. The second-order valence-electron chi connectivity index (χ2n) is 10.8. The van der Waals surface area contributed by atoms with E-state index in [0.717, 1.165) is 6.20 Å². The smallest absolute Gasteiger partial charge is 0.270 e. The van der Waals surface area contributed by atoms with Gasteiger partial charge in [0.25, 0.3) is 5.91 Å². The van der Waals surface area contributed by atoms with Gasteiger partial charge in [0.15, 0.2) is 17.4 Å². The van der Waals surface area contributed by atoms with Crippen molar-refractivity contribution in [2.24, 2.45) is 0 Å². The zero-order chi connectivity index (χ0) is 31.0. The second-order valence-corrected chi connectivity index (χ2v) is 10.8. The van der Waals surface area contributed by atoms with E-state index in [4.69, 9.17) is 9.47 Å². The molecule has 3 aromatic heterocycles. The van der Waals surface area contributed by atoms with Crippen LogP contribution in [0.15, 0.2) is 48.9 Å². The fourth-order valence-corrected chi connectivity index (χ4v) is 5.89. The number of rotatable bonds is 6. The molecule has 5 heterocycles. The molecule has 1 aromatic carbocycles. The Hall–Kier alpha value is -5.00. The topological polar surface area (TPSA) is 104 Å². The Morgan fingerprint density at radius 2 is 1.68 bits per heavy atom. The molecule has 10 nitrogen and oxygen atoms in total. The number of nitrogens with one attached hydrogen (secondary N) is 1. The first kappa shape index (κ1) is 29.1. The van der Waals surface area contributed by atoms with E-state index in [1.54, 1.807) is 47.5 Å². The number of amides is 2. The minimum absolute atomic E-state index is 0.0762. The van der Waals surface area contributed by atoms with Crippen LogP contribution in [0.3, 0.4) is 0 Å². The van der Waals surface area contributed by atoms with Crippen molar-refractivity contribution in [3.63, 3.8) is 0 Å². The number of H-pyrrole nitrogens is 1. The monoisotopic (exact) mass is 602 g/mol. The van der Waals surface area contributed by atoms with E-state index in [1.807, 2.05) is 11.0 Å². The van der Waals surface area contributed by atoms with Gasteiger partial charge in [-0.3, -0.25) is 14.6 Å².